The van der Waals surface area contributed by atoms with Crippen molar-refractivity contribution in [2.24, 2.45) is 0 Å². The molecule has 0 N–H and O–H groups in total. The van der Waals surface area contributed by atoms with Crippen molar-refractivity contribution in [3.8, 4) is 0 Å². The second-order valence-corrected chi connectivity index (χ2v) is 3.04. The molecule has 0 aromatic carbocycles. The first-order chi connectivity index (χ1) is 4.86. The van der Waals surface area contributed by atoms with E-state index in [2.05, 4.69) is 13.0 Å². The number of ether oxygens (including phenoxy) is 1. The van der Waals surface area contributed by atoms with Crippen molar-refractivity contribution in [1.29, 1.82) is 0 Å². The lowest BCUT2D eigenvalue weighted by atomic mass is 9.99. The van der Waals surface area contributed by atoms with Crippen molar-refractivity contribution in [2.45, 2.75) is 26.2 Å². The van der Waals surface area contributed by atoms with Crippen molar-refractivity contribution >= 4 is 0 Å². The van der Waals surface area contributed by atoms with Gasteiger partial charge in [0.05, 0.1) is 12.4 Å². The summed E-state index contributed by atoms with van der Waals surface area (Å²) in [5.74, 6) is 1.26. The summed E-state index contributed by atoms with van der Waals surface area (Å²) in [6.45, 7) is 3.11. The van der Waals surface area contributed by atoms with Crippen LogP contribution in [-0.4, -0.2) is 6.61 Å². The molecule has 0 saturated carbocycles. The van der Waals surface area contributed by atoms with Gasteiger partial charge in [-0.15, -0.1) is 0 Å². The first kappa shape index (κ1) is 6.02. The van der Waals surface area contributed by atoms with Gasteiger partial charge in [0.2, 0.25) is 0 Å². The van der Waals surface area contributed by atoms with Gasteiger partial charge in [-0.05, 0) is 18.9 Å². The molecule has 1 nitrogen and oxygen atoms in total. The topological polar surface area (TPSA) is 9.23 Å². The molecule has 0 aromatic rings. The Morgan fingerprint density at radius 2 is 2.20 bits per heavy atom. The fourth-order valence-corrected chi connectivity index (χ4v) is 1.58. The van der Waals surface area contributed by atoms with Crippen molar-refractivity contribution in [2.75, 3.05) is 6.61 Å². The van der Waals surface area contributed by atoms with E-state index in [1.807, 2.05) is 0 Å². The summed E-state index contributed by atoms with van der Waals surface area (Å²) < 4.78 is 5.44. The molecule has 0 fully saturated rings. The lowest BCUT2D eigenvalue weighted by Gasteiger charge is -2.10. The minimum absolute atomic E-state index is 0.911. The maximum atomic E-state index is 5.44. The second-order valence-electron chi connectivity index (χ2n) is 3.04. The van der Waals surface area contributed by atoms with E-state index in [9.17, 15) is 0 Å². The van der Waals surface area contributed by atoms with Crippen LogP contribution in [0.4, 0.5) is 0 Å². The fourth-order valence-electron chi connectivity index (χ4n) is 1.58. The van der Waals surface area contributed by atoms with Crippen LogP contribution in [0.25, 0.3) is 0 Å². The first-order valence-corrected chi connectivity index (χ1v) is 3.88. The lowest BCUT2D eigenvalue weighted by molar-refractivity contribution is 0.234. The molecule has 1 aliphatic heterocycles. The smallest absolute Gasteiger partial charge is 0.0996 e. The van der Waals surface area contributed by atoms with E-state index in [0.717, 1.165) is 19.4 Å². The van der Waals surface area contributed by atoms with Gasteiger partial charge in [0.25, 0.3) is 0 Å². The average molecular weight is 136 g/mol. The van der Waals surface area contributed by atoms with Gasteiger partial charge >= 0.3 is 0 Å². The molecule has 0 aromatic heterocycles. The molecule has 2 aliphatic rings. The Hall–Kier alpha value is -0.720. The van der Waals surface area contributed by atoms with Gasteiger partial charge in [0.15, 0.2) is 0 Å². The van der Waals surface area contributed by atoms with Gasteiger partial charge in [-0.3, -0.25) is 0 Å². The molecule has 1 heterocycles. The van der Waals surface area contributed by atoms with E-state index in [1.54, 1.807) is 0 Å². The highest BCUT2D eigenvalue weighted by Gasteiger charge is 2.17. The van der Waals surface area contributed by atoms with E-state index in [-0.39, 0.29) is 0 Å². The minimum Gasteiger partial charge on any atom is -0.497 e. The van der Waals surface area contributed by atoms with Crippen LogP contribution in [0, 0.1) is 0 Å². The number of hydrogen-bond acceptors (Lipinski definition) is 1. The summed E-state index contributed by atoms with van der Waals surface area (Å²) in [5, 5.41) is 0. The van der Waals surface area contributed by atoms with Crippen LogP contribution in [0.2, 0.25) is 0 Å². The number of allylic oxidation sites excluding steroid dienone is 3. The van der Waals surface area contributed by atoms with Gasteiger partial charge in [0, 0.05) is 12.8 Å². The van der Waals surface area contributed by atoms with Crippen molar-refractivity contribution in [3.05, 3.63) is 23.0 Å². The second kappa shape index (κ2) is 2.15. The molecule has 10 heavy (non-hydrogen) atoms. The zero-order valence-electron chi connectivity index (χ0n) is 6.31. The summed E-state index contributed by atoms with van der Waals surface area (Å²) in [7, 11) is 0. The standard InChI is InChI=1S/C9H12O/c1-7-2-3-9-8(6-7)4-5-10-9/h6H,2-5H2,1H3. The maximum Gasteiger partial charge on any atom is 0.0996 e. The molecule has 0 spiro atoms. The number of hydrogen-bond donors (Lipinski definition) is 0. The molecule has 0 bridgehead atoms. The highest BCUT2D eigenvalue weighted by Crippen LogP contribution is 2.30. The Balaban J connectivity index is 2.29. The highest BCUT2D eigenvalue weighted by atomic mass is 16.5. The van der Waals surface area contributed by atoms with Gasteiger partial charge in [-0.1, -0.05) is 11.6 Å². The molecule has 1 heteroatoms. The van der Waals surface area contributed by atoms with Gasteiger partial charge in [-0.25, -0.2) is 0 Å². The lowest BCUT2D eigenvalue weighted by Crippen LogP contribution is -1.92. The highest BCUT2D eigenvalue weighted by molar-refractivity contribution is 5.32. The van der Waals surface area contributed by atoms with Crippen molar-refractivity contribution in [3.63, 3.8) is 0 Å². The van der Waals surface area contributed by atoms with Crippen molar-refractivity contribution in [1.82, 2.24) is 0 Å². The predicted octanol–water partition coefficient (Wildman–Crippen LogP) is 2.40. The summed E-state index contributed by atoms with van der Waals surface area (Å²) in [4.78, 5) is 0. The minimum atomic E-state index is 0.911. The third-order valence-electron chi connectivity index (χ3n) is 2.17. The summed E-state index contributed by atoms with van der Waals surface area (Å²) in [6, 6.07) is 0. The third kappa shape index (κ3) is 0.859. The zero-order chi connectivity index (χ0) is 6.97. The van der Waals surface area contributed by atoms with Crippen molar-refractivity contribution < 1.29 is 4.74 Å². The predicted molar refractivity (Wildman–Crippen MR) is 40.6 cm³/mol. The molecule has 54 valence electrons. The van der Waals surface area contributed by atoms with Crippen LogP contribution >= 0.6 is 0 Å². The summed E-state index contributed by atoms with van der Waals surface area (Å²) in [5.41, 5.74) is 2.95. The Morgan fingerprint density at radius 1 is 1.30 bits per heavy atom. The molecule has 2 rings (SSSR count). The monoisotopic (exact) mass is 136 g/mol. The maximum absolute atomic E-state index is 5.44. The quantitative estimate of drug-likeness (QED) is 0.497. The van der Waals surface area contributed by atoms with Gasteiger partial charge in [-0.2, -0.15) is 0 Å². The molecule has 0 amide bonds. The van der Waals surface area contributed by atoms with Crippen LogP contribution in [-0.2, 0) is 4.74 Å². The van der Waals surface area contributed by atoms with Crippen LogP contribution in [0.3, 0.4) is 0 Å². The Kier molecular flexibility index (Phi) is 1.30. The molecule has 0 unspecified atom stereocenters. The van der Waals surface area contributed by atoms with Crippen LogP contribution in [0.5, 0.6) is 0 Å². The Bertz CT molecular complexity index is 211. The molecule has 1 aliphatic carbocycles. The van der Waals surface area contributed by atoms with E-state index in [4.69, 9.17) is 4.74 Å². The summed E-state index contributed by atoms with van der Waals surface area (Å²) in [6.07, 6.45) is 5.75. The average Bonchev–Trinajstić information content (AvgIpc) is 2.33. The van der Waals surface area contributed by atoms with E-state index < -0.39 is 0 Å². The molecular weight excluding hydrogens is 124 g/mol. The Labute approximate surface area is 61.4 Å². The molecule has 0 saturated heterocycles. The SMILES string of the molecule is CC1=CC2=C(CC1)OCC2. The molecular formula is C9H12O. The van der Waals surface area contributed by atoms with E-state index in [1.165, 1.54) is 23.3 Å². The molecule has 0 radical (unpaired) electrons. The Morgan fingerprint density at radius 3 is 3.10 bits per heavy atom. The summed E-state index contributed by atoms with van der Waals surface area (Å²) >= 11 is 0. The largest absolute Gasteiger partial charge is 0.497 e. The van der Waals surface area contributed by atoms with Gasteiger partial charge in [0.1, 0.15) is 0 Å². The zero-order valence-corrected chi connectivity index (χ0v) is 6.31. The normalized spacial score (nSPS) is 23.9. The van der Waals surface area contributed by atoms with E-state index in [0.29, 0.717) is 0 Å². The van der Waals surface area contributed by atoms with E-state index >= 15 is 0 Å². The van der Waals surface area contributed by atoms with Gasteiger partial charge < -0.3 is 4.74 Å². The third-order valence-corrected chi connectivity index (χ3v) is 2.17. The molecule has 0 atom stereocenters. The fraction of sp³-hybridized carbons (Fsp3) is 0.556. The first-order valence-electron chi connectivity index (χ1n) is 3.88. The number of rotatable bonds is 0. The van der Waals surface area contributed by atoms with Crippen LogP contribution in [0.1, 0.15) is 26.2 Å². The van der Waals surface area contributed by atoms with Crippen LogP contribution in [0.15, 0.2) is 23.0 Å². The van der Waals surface area contributed by atoms with Crippen LogP contribution < -0.4 is 0 Å².